The number of unbranched alkanes of at least 4 members (excludes halogenated alkanes) is 5. The topological polar surface area (TPSA) is 388 Å². The molecule has 4 unspecified atom stereocenters. The monoisotopic (exact) mass is 1260 g/mol. The molecule has 3 aliphatic rings. The molecule has 1 aromatic rings. The van der Waals surface area contributed by atoms with Gasteiger partial charge in [0.25, 0.3) is 11.8 Å². The number of aliphatic hydroxyl groups is 7. The first-order chi connectivity index (χ1) is 42.2. The van der Waals surface area contributed by atoms with E-state index in [1.54, 1.807) is 0 Å². The Labute approximate surface area is 516 Å². The summed E-state index contributed by atoms with van der Waals surface area (Å²) in [5.74, 6) is -2.66. The number of hydrogen-bond acceptors (Lipinski definition) is 23. The summed E-state index contributed by atoms with van der Waals surface area (Å²) in [4.78, 5) is 78.3. The van der Waals surface area contributed by atoms with Crippen molar-refractivity contribution >= 4 is 41.0 Å². The minimum atomic E-state index is -1.42. The smallest absolute Gasteiger partial charge is 0.251 e. The lowest BCUT2D eigenvalue weighted by Gasteiger charge is -2.42. The van der Waals surface area contributed by atoms with Gasteiger partial charge in [0, 0.05) is 80.5 Å². The average molecular weight is 1260 g/mol. The summed E-state index contributed by atoms with van der Waals surface area (Å²) in [5, 5.41) is 81.2. The molecule has 4 rings (SSSR count). The van der Waals surface area contributed by atoms with Crippen LogP contribution >= 0.6 is 0 Å². The van der Waals surface area contributed by atoms with Gasteiger partial charge < -0.3 is 114 Å². The average Bonchev–Trinajstić information content (AvgIpc) is 1.69. The summed E-state index contributed by atoms with van der Waals surface area (Å²) < 4.78 is 55.8. The van der Waals surface area contributed by atoms with Crippen molar-refractivity contribution in [2.45, 2.75) is 154 Å². The summed E-state index contributed by atoms with van der Waals surface area (Å²) in [6, 6.07) is 3.35. The molecule has 28 nitrogen and oxygen atoms in total. The number of carbonyl (C=O) groups is 6. The zero-order valence-electron chi connectivity index (χ0n) is 52.0. The number of hydrogen-bond donors (Lipinski definition) is 11. The third-order valence-corrected chi connectivity index (χ3v) is 16.2. The van der Waals surface area contributed by atoms with Gasteiger partial charge in [-0.25, -0.2) is 0 Å². The van der Waals surface area contributed by atoms with E-state index in [4.69, 9.17) is 47.4 Å². The highest BCUT2D eigenvalue weighted by Gasteiger charge is 2.52. The number of likely N-dealkylation sites (tertiary alicyclic amines) is 1. The highest BCUT2D eigenvalue weighted by atomic mass is 16.7. The lowest BCUT2D eigenvalue weighted by atomic mass is 9.67. The molecule has 1 aromatic carbocycles. The number of nitrogens with one attached hydrogen (secondary N) is 4. The highest BCUT2D eigenvalue weighted by Crippen LogP contribution is 2.48. The Balaban J connectivity index is 1.14. The zero-order valence-corrected chi connectivity index (χ0v) is 52.0. The van der Waals surface area contributed by atoms with Crippen LogP contribution in [0.25, 0.3) is 0 Å². The van der Waals surface area contributed by atoms with Gasteiger partial charge in [0.1, 0.15) is 42.3 Å². The molecule has 5 amide bonds. The molecule has 88 heavy (non-hydrogen) atoms. The van der Waals surface area contributed by atoms with Crippen molar-refractivity contribution < 1.29 is 112 Å². The second-order valence-corrected chi connectivity index (χ2v) is 23.0. The van der Waals surface area contributed by atoms with Crippen LogP contribution < -0.4 is 21.3 Å². The van der Waals surface area contributed by atoms with Crippen molar-refractivity contribution in [1.29, 1.82) is 0 Å². The largest absolute Gasteiger partial charge is 0.396 e. The van der Waals surface area contributed by atoms with Gasteiger partial charge in [0.2, 0.25) is 17.7 Å². The molecule has 3 saturated heterocycles. The molecule has 3 fully saturated rings. The Bertz CT molecular complexity index is 2110. The zero-order chi connectivity index (χ0) is 64.5. The van der Waals surface area contributed by atoms with Crippen molar-refractivity contribution in [3.05, 3.63) is 29.3 Å². The van der Waals surface area contributed by atoms with Gasteiger partial charge in [-0.1, -0.05) is 46.5 Å². The number of nitrogens with zero attached hydrogens (tertiary/aromatic N) is 1. The Morgan fingerprint density at radius 3 is 1.48 bits per heavy atom. The molecule has 0 saturated carbocycles. The summed E-state index contributed by atoms with van der Waals surface area (Å²) in [5.41, 5.74) is 0.0819. The first-order valence-corrected chi connectivity index (χ1v) is 30.8. The Hall–Kier alpha value is -4.44. The van der Waals surface area contributed by atoms with Crippen molar-refractivity contribution in [2.24, 2.45) is 16.7 Å². The number of Topliss-reactive ketones (excluding diaryl/α,β-unsaturated/α-hetero) is 1. The van der Waals surface area contributed by atoms with Crippen molar-refractivity contribution in [2.75, 3.05) is 144 Å². The normalized spacial score (nSPS) is 26.2. The standard InChI is InChI=1S/C60H101N5O23/c1-6-59(4)37-65(38-60(59,5)39-68)49(72)14-12-10-8-7-9-11-13-48(71)64-44-33-42(55(77)61-15-17-79-19-21-81-23-25-83-27-29-85-57-45(31-40(2)69)51(73)52(74)46(35-66)87-57)32-43(34-44)56(78)62-16-18-80-20-22-82-24-26-84-28-30-86-58-50(63-41(3)70)54(76)53(75)47(36-67)88-58/h32-34,45-47,50-54,57-58,66-68,73-76H,6-31,35-39H2,1-5H3,(H,61,77)(H,62,78)(H,63,70)(H,64,71)/t45-,46-,47-,50-,51-,52+,53+,54-,57?,58?,59?,60?/m1/s1. The first kappa shape index (κ1) is 76.0. The number of amides is 5. The number of ether oxygens (including phenoxy) is 10. The molecule has 3 aliphatic heterocycles. The van der Waals surface area contributed by atoms with Crippen LogP contribution in [0.5, 0.6) is 0 Å². The lowest BCUT2D eigenvalue weighted by Crippen LogP contribution is -2.64. The minimum Gasteiger partial charge on any atom is -0.396 e. The number of anilines is 1. The molecule has 0 radical (unpaired) electrons. The maximum Gasteiger partial charge on any atom is 0.251 e. The van der Waals surface area contributed by atoms with E-state index in [0.29, 0.717) is 25.9 Å². The third kappa shape index (κ3) is 25.7. The Kier molecular flexibility index (Phi) is 35.5. The van der Waals surface area contributed by atoms with E-state index < -0.39 is 92.1 Å². The quantitative estimate of drug-likeness (QED) is 0.0369. The van der Waals surface area contributed by atoms with E-state index >= 15 is 0 Å². The molecule has 11 N–H and O–H groups in total. The maximum atomic E-state index is 13.4. The number of rotatable bonds is 45. The summed E-state index contributed by atoms with van der Waals surface area (Å²) in [6.07, 6.45) is -3.45. The van der Waals surface area contributed by atoms with Crippen LogP contribution in [0.1, 0.15) is 120 Å². The van der Waals surface area contributed by atoms with E-state index in [-0.39, 0.29) is 170 Å². The Morgan fingerprint density at radius 2 is 1.01 bits per heavy atom. The molecule has 0 spiro atoms. The van der Waals surface area contributed by atoms with E-state index in [1.165, 1.54) is 32.0 Å². The Morgan fingerprint density at radius 1 is 0.568 bits per heavy atom. The second kappa shape index (κ2) is 41.1. The van der Waals surface area contributed by atoms with Gasteiger partial charge in [-0.15, -0.1) is 0 Å². The molecular formula is C60H101N5O23. The van der Waals surface area contributed by atoms with Gasteiger partial charge in [0.05, 0.1) is 118 Å². The summed E-state index contributed by atoms with van der Waals surface area (Å²) in [6.45, 7) is 11.7. The van der Waals surface area contributed by atoms with E-state index in [0.717, 1.165) is 38.5 Å². The van der Waals surface area contributed by atoms with Crippen LogP contribution in [0, 0.1) is 16.7 Å². The maximum absolute atomic E-state index is 13.4. The van der Waals surface area contributed by atoms with Crippen LogP contribution in [0.4, 0.5) is 5.69 Å². The first-order valence-electron chi connectivity index (χ1n) is 30.8. The predicted molar refractivity (Wildman–Crippen MR) is 316 cm³/mol. The van der Waals surface area contributed by atoms with Gasteiger partial charge >= 0.3 is 0 Å². The van der Waals surface area contributed by atoms with E-state index in [1.807, 2.05) is 4.90 Å². The fourth-order valence-electron chi connectivity index (χ4n) is 10.5. The molecule has 12 atom stereocenters. The predicted octanol–water partition coefficient (Wildman–Crippen LogP) is -0.427. The lowest BCUT2D eigenvalue weighted by molar-refractivity contribution is -0.287. The van der Waals surface area contributed by atoms with Crippen molar-refractivity contribution in [1.82, 2.24) is 20.9 Å². The van der Waals surface area contributed by atoms with Crippen LogP contribution in [0.2, 0.25) is 0 Å². The minimum absolute atomic E-state index is 0.0158. The summed E-state index contributed by atoms with van der Waals surface area (Å²) in [7, 11) is 0. The fraction of sp³-hybridized carbons (Fsp3) is 0.800. The highest BCUT2D eigenvalue weighted by molar-refractivity contribution is 6.02. The molecule has 28 heteroatoms. The van der Waals surface area contributed by atoms with Crippen molar-refractivity contribution in [3.8, 4) is 0 Å². The molecular weight excluding hydrogens is 1160 g/mol. The molecule has 504 valence electrons. The summed E-state index contributed by atoms with van der Waals surface area (Å²) >= 11 is 0. The number of ketones is 1. The van der Waals surface area contributed by atoms with Crippen LogP contribution in [0.15, 0.2) is 18.2 Å². The van der Waals surface area contributed by atoms with Crippen LogP contribution in [-0.2, 0) is 66.5 Å². The number of benzene rings is 1. The van der Waals surface area contributed by atoms with Crippen molar-refractivity contribution in [3.63, 3.8) is 0 Å². The van der Waals surface area contributed by atoms with Gasteiger partial charge in [-0.05, 0) is 49.8 Å². The molecule has 0 aromatic heterocycles. The van der Waals surface area contributed by atoms with Gasteiger partial charge in [-0.2, -0.15) is 0 Å². The van der Waals surface area contributed by atoms with E-state index in [2.05, 4.69) is 42.0 Å². The SMILES string of the molecule is CCC1(C)CN(C(=O)CCCCCCCCC(=O)Nc2cc(C(=O)NCCOCCOCCOCCOC3O[C@H](CO)[C@H](O)[C@H](O)[C@H]3CC(C)=O)cc(C(=O)NCCOCCOCCOCCOC3O[C@H](CO)[C@H](O)[C@H](O)[C@H]3NC(C)=O)c2)CC1(C)CO. The second-order valence-electron chi connectivity index (χ2n) is 23.0. The molecule has 3 heterocycles. The fourth-order valence-corrected chi connectivity index (χ4v) is 10.5. The third-order valence-electron chi connectivity index (χ3n) is 16.2. The van der Waals surface area contributed by atoms with Crippen LogP contribution in [-0.4, -0.2) is 270 Å². The van der Waals surface area contributed by atoms with Gasteiger partial charge in [-0.3, -0.25) is 24.0 Å². The number of aliphatic hydroxyl groups excluding tert-OH is 7. The van der Waals surface area contributed by atoms with Gasteiger partial charge in [0.15, 0.2) is 12.6 Å². The molecule has 0 bridgehead atoms. The number of carbonyl (C=O) groups excluding carboxylic acids is 6. The van der Waals surface area contributed by atoms with Crippen LogP contribution in [0.3, 0.4) is 0 Å². The van der Waals surface area contributed by atoms with E-state index in [9.17, 15) is 64.5 Å². The molecule has 0 aliphatic carbocycles.